The summed E-state index contributed by atoms with van der Waals surface area (Å²) in [6.45, 7) is 0.538. The van der Waals surface area contributed by atoms with Crippen LogP contribution in [0.5, 0.6) is 5.75 Å². The minimum atomic E-state index is -2.83. The number of benzene rings is 1. The topological polar surface area (TPSA) is 98.5 Å². The van der Waals surface area contributed by atoms with Crippen molar-refractivity contribution in [3.05, 3.63) is 36.0 Å². The van der Waals surface area contributed by atoms with Crippen LogP contribution >= 0.6 is 0 Å². The SMILES string of the molecule is COc1cccc(-c2cc(CC(=O)NCCCC3CCS(=O)(=O)C3)no2)c1. The van der Waals surface area contributed by atoms with Crippen LogP contribution in [0.1, 0.15) is 25.0 Å². The molecule has 1 N–H and O–H groups in total. The molecule has 1 saturated heterocycles. The molecule has 1 amide bonds. The van der Waals surface area contributed by atoms with Crippen molar-refractivity contribution in [1.29, 1.82) is 0 Å². The lowest BCUT2D eigenvalue weighted by molar-refractivity contribution is -0.120. The number of sulfone groups is 1. The van der Waals surface area contributed by atoms with E-state index < -0.39 is 9.84 Å². The number of methoxy groups -OCH3 is 1. The van der Waals surface area contributed by atoms with Gasteiger partial charge in [-0.2, -0.15) is 0 Å². The number of nitrogens with one attached hydrogen (secondary N) is 1. The first-order chi connectivity index (χ1) is 12.9. The molecule has 1 aromatic heterocycles. The predicted octanol–water partition coefficient (Wildman–Crippen LogP) is 2.22. The summed E-state index contributed by atoms with van der Waals surface area (Å²) in [5.41, 5.74) is 1.40. The zero-order valence-corrected chi connectivity index (χ0v) is 16.1. The maximum absolute atomic E-state index is 12.0. The predicted molar refractivity (Wildman–Crippen MR) is 101 cm³/mol. The van der Waals surface area contributed by atoms with E-state index in [9.17, 15) is 13.2 Å². The number of aromatic nitrogens is 1. The van der Waals surface area contributed by atoms with Crippen molar-refractivity contribution in [2.75, 3.05) is 25.2 Å². The van der Waals surface area contributed by atoms with Crippen molar-refractivity contribution < 1.29 is 22.5 Å². The van der Waals surface area contributed by atoms with Crippen molar-refractivity contribution in [2.45, 2.75) is 25.7 Å². The first kappa shape index (κ1) is 19.4. The standard InChI is InChI=1S/C19H24N2O5S/c1-25-17-6-2-5-15(10-17)18-11-16(21-26-18)12-19(22)20-8-3-4-14-7-9-27(23,24)13-14/h2,5-6,10-11,14H,3-4,7-9,12-13H2,1H3,(H,20,22). The van der Waals surface area contributed by atoms with E-state index in [4.69, 9.17) is 9.26 Å². The van der Waals surface area contributed by atoms with E-state index in [0.717, 1.165) is 30.6 Å². The number of nitrogens with zero attached hydrogens (tertiary/aromatic N) is 1. The Morgan fingerprint density at radius 2 is 2.22 bits per heavy atom. The second-order valence-corrected chi connectivity index (χ2v) is 9.08. The lowest BCUT2D eigenvalue weighted by Crippen LogP contribution is -2.26. The van der Waals surface area contributed by atoms with Gasteiger partial charge in [0.05, 0.1) is 30.7 Å². The number of ether oxygens (including phenoxy) is 1. The average Bonchev–Trinajstić information content (AvgIpc) is 3.25. The van der Waals surface area contributed by atoms with Gasteiger partial charge in [0, 0.05) is 18.2 Å². The number of hydrogen-bond acceptors (Lipinski definition) is 6. The van der Waals surface area contributed by atoms with Gasteiger partial charge in [-0.05, 0) is 37.3 Å². The zero-order chi connectivity index (χ0) is 19.3. The fourth-order valence-electron chi connectivity index (χ4n) is 3.25. The zero-order valence-electron chi connectivity index (χ0n) is 15.3. The van der Waals surface area contributed by atoms with Crippen LogP contribution in [0.25, 0.3) is 11.3 Å². The fraction of sp³-hybridized carbons (Fsp3) is 0.474. The summed E-state index contributed by atoms with van der Waals surface area (Å²) in [4.78, 5) is 12.0. The summed E-state index contributed by atoms with van der Waals surface area (Å²) in [5.74, 6) is 1.99. The Morgan fingerprint density at radius 3 is 2.96 bits per heavy atom. The first-order valence-electron chi connectivity index (χ1n) is 9.02. The Morgan fingerprint density at radius 1 is 1.37 bits per heavy atom. The molecule has 0 bridgehead atoms. The van der Waals surface area contributed by atoms with E-state index in [-0.39, 0.29) is 24.0 Å². The first-order valence-corrected chi connectivity index (χ1v) is 10.8. The lowest BCUT2D eigenvalue weighted by atomic mass is 10.0. The monoisotopic (exact) mass is 392 g/mol. The van der Waals surface area contributed by atoms with Crippen LogP contribution in [-0.4, -0.2) is 44.6 Å². The Kier molecular flexibility index (Phi) is 6.15. The molecule has 27 heavy (non-hydrogen) atoms. The van der Waals surface area contributed by atoms with Crippen LogP contribution in [0, 0.1) is 5.92 Å². The number of hydrogen-bond donors (Lipinski definition) is 1. The normalized spacial score (nSPS) is 18.3. The highest BCUT2D eigenvalue weighted by atomic mass is 32.2. The van der Waals surface area contributed by atoms with Gasteiger partial charge >= 0.3 is 0 Å². The molecule has 1 atom stereocenters. The minimum Gasteiger partial charge on any atom is -0.497 e. The van der Waals surface area contributed by atoms with Crippen LogP contribution in [0.4, 0.5) is 0 Å². The van der Waals surface area contributed by atoms with Gasteiger partial charge in [-0.3, -0.25) is 4.79 Å². The van der Waals surface area contributed by atoms with Gasteiger partial charge in [-0.1, -0.05) is 17.3 Å². The second-order valence-electron chi connectivity index (χ2n) is 6.85. The third-order valence-electron chi connectivity index (χ3n) is 4.69. The maximum atomic E-state index is 12.0. The van der Waals surface area contributed by atoms with Gasteiger partial charge in [-0.15, -0.1) is 0 Å². The molecule has 1 aliphatic rings. The molecule has 1 fully saturated rings. The maximum Gasteiger partial charge on any atom is 0.226 e. The van der Waals surface area contributed by atoms with E-state index in [1.54, 1.807) is 13.2 Å². The number of carbonyl (C=O) groups excluding carboxylic acids is 1. The molecule has 2 heterocycles. The van der Waals surface area contributed by atoms with E-state index in [1.165, 1.54) is 0 Å². The van der Waals surface area contributed by atoms with Gasteiger partial charge in [0.2, 0.25) is 5.91 Å². The highest BCUT2D eigenvalue weighted by Gasteiger charge is 2.27. The van der Waals surface area contributed by atoms with Crippen LogP contribution < -0.4 is 10.1 Å². The van der Waals surface area contributed by atoms with Gasteiger partial charge in [-0.25, -0.2) is 8.42 Å². The molecule has 1 unspecified atom stereocenters. The molecule has 2 aromatic rings. The summed E-state index contributed by atoms with van der Waals surface area (Å²) in [6, 6.07) is 9.18. The Balaban J connectivity index is 1.43. The number of carbonyl (C=O) groups is 1. The van der Waals surface area contributed by atoms with Crippen molar-refractivity contribution in [2.24, 2.45) is 5.92 Å². The number of amides is 1. The third-order valence-corrected chi connectivity index (χ3v) is 6.53. The summed E-state index contributed by atoms with van der Waals surface area (Å²) in [7, 11) is -1.23. The molecule has 0 spiro atoms. The molecular formula is C19H24N2O5S. The molecule has 0 radical (unpaired) electrons. The molecule has 146 valence electrons. The average molecular weight is 392 g/mol. The second kappa shape index (κ2) is 8.56. The van der Waals surface area contributed by atoms with Crippen LogP contribution in [-0.2, 0) is 21.1 Å². The fourth-order valence-corrected chi connectivity index (χ4v) is 5.16. The van der Waals surface area contributed by atoms with Gasteiger partial charge < -0.3 is 14.6 Å². The Hall–Kier alpha value is -2.35. The molecule has 3 rings (SSSR count). The quantitative estimate of drug-likeness (QED) is 0.692. The van der Waals surface area contributed by atoms with Crippen molar-refractivity contribution in [3.8, 4) is 17.1 Å². The summed E-state index contributed by atoms with van der Waals surface area (Å²) < 4.78 is 33.4. The van der Waals surface area contributed by atoms with Gasteiger partial charge in [0.15, 0.2) is 15.6 Å². The summed E-state index contributed by atoms with van der Waals surface area (Å²) in [5, 5.41) is 6.80. The van der Waals surface area contributed by atoms with Crippen LogP contribution in [0.2, 0.25) is 0 Å². The highest BCUT2D eigenvalue weighted by molar-refractivity contribution is 7.91. The van der Waals surface area contributed by atoms with Gasteiger partial charge in [0.1, 0.15) is 5.75 Å². The number of rotatable bonds is 8. The molecular weight excluding hydrogens is 368 g/mol. The van der Waals surface area contributed by atoms with E-state index in [1.807, 2.05) is 24.3 Å². The van der Waals surface area contributed by atoms with Crippen molar-refractivity contribution in [1.82, 2.24) is 10.5 Å². The van der Waals surface area contributed by atoms with Crippen molar-refractivity contribution in [3.63, 3.8) is 0 Å². The Bertz CT molecular complexity index is 891. The lowest BCUT2D eigenvalue weighted by Gasteiger charge is -2.08. The van der Waals surface area contributed by atoms with E-state index >= 15 is 0 Å². The Labute approximate surface area is 159 Å². The van der Waals surface area contributed by atoms with E-state index in [0.29, 0.717) is 23.8 Å². The molecule has 1 aromatic carbocycles. The molecule has 1 aliphatic heterocycles. The third kappa shape index (κ3) is 5.56. The molecule has 7 nitrogen and oxygen atoms in total. The molecule has 0 saturated carbocycles. The van der Waals surface area contributed by atoms with Crippen LogP contribution in [0.15, 0.2) is 34.9 Å². The largest absolute Gasteiger partial charge is 0.497 e. The molecule has 0 aliphatic carbocycles. The smallest absolute Gasteiger partial charge is 0.226 e. The molecule has 8 heteroatoms. The van der Waals surface area contributed by atoms with E-state index in [2.05, 4.69) is 10.5 Å². The van der Waals surface area contributed by atoms with Crippen molar-refractivity contribution >= 4 is 15.7 Å². The minimum absolute atomic E-state index is 0.125. The summed E-state index contributed by atoms with van der Waals surface area (Å²) in [6.07, 6.45) is 2.48. The van der Waals surface area contributed by atoms with Gasteiger partial charge in [0.25, 0.3) is 0 Å². The summed E-state index contributed by atoms with van der Waals surface area (Å²) >= 11 is 0. The highest BCUT2D eigenvalue weighted by Crippen LogP contribution is 2.25. The van der Waals surface area contributed by atoms with Crippen LogP contribution in [0.3, 0.4) is 0 Å².